The zero-order valence-corrected chi connectivity index (χ0v) is 23.4. The van der Waals surface area contributed by atoms with Gasteiger partial charge in [0.1, 0.15) is 11.2 Å². The molecule has 0 unspecified atom stereocenters. The van der Waals surface area contributed by atoms with Crippen LogP contribution >= 0.6 is 0 Å². The molecule has 0 aliphatic carbocycles. The second-order valence-corrected chi connectivity index (χ2v) is 10.3. The molecule has 10 rings (SSSR count). The molecule has 0 radical (unpaired) electrons. The average Bonchev–Trinajstić information content (AvgIpc) is 3.79. The summed E-state index contributed by atoms with van der Waals surface area (Å²) in [6, 6.07) is -26.7. The summed E-state index contributed by atoms with van der Waals surface area (Å²) >= 11 is 0. The topological polar surface area (TPSA) is 13.1 Å². The fourth-order valence-electron chi connectivity index (χ4n) is 5.88. The SMILES string of the molecule is [2H]c1c([2H])c([2H])c(-c2c([2H])c([2H])c3c(-c4c([2H])c5c([2H])c([2H])c([2H])c([2H])c5c5c([2H])c([2H])c([2H])c([2H])c45)c4c([2H])c([2H])c([2H])c([2H])c4c(-c4c([2H])c([2H])c([2H])c5c4oc4c([2H])c([2H])c([2H])c([2H])c45)c3c2[2H])c([2H])c1[2H]. The Hall–Kier alpha value is -6.18. The first-order valence-corrected chi connectivity index (χ1v) is 13.9. The van der Waals surface area contributed by atoms with E-state index in [0.717, 1.165) is 0 Å². The summed E-state index contributed by atoms with van der Waals surface area (Å²) in [6.45, 7) is 0. The van der Waals surface area contributed by atoms with Gasteiger partial charge >= 0.3 is 0 Å². The third-order valence-electron chi connectivity index (χ3n) is 7.81. The lowest BCUT2D eigenvalue weighted by molar-refractivity contribution is 0.670. The molecule has 0 atom stereocenters. The molecule has 1 heterocycles. The first-order chi connectivity index (χ1) is 35.0. The van der Waals surface area contributed by atoms with Gasteiger partial charge in [-0.05, 0) is 83.5 Å². The number of hydrogen-bond donors (Lipinski definition) is 0. The lowest BCUT2D eigenvalue weighted by Crippen LogP contribution is -1.93. The van der Waals surface area contributed by atoms with E-state index in [-0.39, 0.29) is 0 Å². The van der Waals surface area contributed by atoms with Crippen LogP contribution in [0.3, 0.4) is 0 Å². The molecule has 218 valence electrons. The van der Waals surface area contributed by atoms with Crippen molar-refractivity contribution >= 4 is 65.0 Å². The highest BCUT2D eigenvalue weighted by molar-refractivity contribution is 6.27. The van der Waals surface area contributed by atoms with Gasteiger partial charge in [-0.15, -0.1) is 0 Å². The highest BCUT2D eigenvalue weighted by Gasteiger charge is 2.22. The van der Waals surface area contributed by atoms with Crippen LogP contribution in [-0.2, 0) is 0 Å². The van der Waals surface area contributed by atoms with Crippen molar-refractivity contribution < 1.29 is 42.8 Å². The Morgan fingerprint density at radius 3 is 1.74 bits per heavy atom. The zero-order chi connectivity index (χ0) is 55.3. The first-order valence-electron chi connectivity index (χ1n) is 27.9. The number of furan rings is 1. The van der Waals surface area contributed by atoms with Crippen LogP contribution in [0.25, 0.3) is 98.4 Å². The third-order valence-corrected chi connectivity index (χ3v) is 7.81. The summed E-state index contributed by atoms with van der Waals surface area (Å²) in [5.74, 6) is 0. The van der Waals surface area contributed by atoms with E-state index in [2.05, 4.69) is 0 Å². The minimum atomic E-state index is -1.12. The van der Waals surface area contributed by atoms with Crippen molar-refractivity contribution in [1.82, 2.24) is 0 Å². The Labute approximate surface area is 311 Å². The molecule has 1 heteroatoms. The van der Waals surface area contributed by atoms with E-state index in [1.54, 1.807) is 0 Å². The molecule has 0 saturated carbocycles. The van der Waals surface area contributed by atoms with Crippen molar-refractivity contribution in [3.05, 3.63) is 169 Å². The van der Waals surface area contributed by atoms with E-state index in [0.29, 0.717) is 0 Å². The van der Waals surface area contributed by atoms with Crippen LogP contribution < -0.4 is 0 Å². The predicted molar refractivity (Wildman–Crippen MR) is 200 cm³/mol. The summed E-state index contributed by atoms with van der Waals surface area (Å²) in [5.41, 5.74) is -6.20. The highest BCUT2D eigenvalue weighted by atomic mass is 16.3. The van der Waals surface area contributed by atoms with Gasteiger partial charge in [0.2, 0.25) is 0 Å². The van der Waals surface area contributed by atoms with E-state index >= 15 is 0 Å². The van der Waals surface area contributed by atoms with Crippen LogP contribution in [0.5, 0.6) is 0 Å². The molecular formula is C46H28O. The van der Waals surface area contributed by atoms with Gasteiger partial charge in [-0.1, -0.05) is 151 Å². The summed E-state index contributed by atoms with van der Waals surface area (Å²) in [7, 11) is 0. The van der Waals surface area contributed by atoms with E-state index < -0.39 is 268 Å². The molecule has 1 aromatic heterocycles. The highest BCUT2D eigenvalue weighted by Crippen LogP contribution is 2.49. The van der Waals surface area contributed by atoms with E-state index in [1.165, 1.54) is 0 Å². The standard InChI is InChI=1S/C46H28O/c1-2-13-29(14-3-1)30-25-26-38-42(27-30)45(40-23-12-22-39-35-19-10-11-24-43(35)47-46(39)40)37-21-9-8-20-36(37)44(38)41-28-31-15-4-5-16-32(31)33-17-6-7-18-34(33)41/h1-28H/i1D,2D,3D,4D,5D,6D,7D,8D,9D,10D,11D,12D,13D,14D,15D,16D,17D,18D,19D,20D,21D,22D,23D,24D,25D,26D,27D,28D. The molecule has 9 aromatic carbocycles. The summed E-state index contributed by atoms with van der Waals surface area (Å²) in [5, 5.41) is -6.90. The fourth-order valence-corrected chi connectivity index (χ4v) is 5.88. The van der Waals surface area contributed by atoms with Crippen molar-refractivity contribution in [2.24, 2.45) is 0 Å². The first kappa shape index (κ1) is 10.7. The minimum absolute atomic E-state index is 0.483. The van der Waals surface area contributed by atoms with Gasteiger partial charge in [0.25, 0.3) is 0 Å². The van der Waals surface area contributed by atoms with Gasteiger partial charge in [-0.25, -0.2) is 0 Å². The minimum Gasteiger partial charge on any atom is -0.455 e. The molecule has 0 N–H and O–H groups in total. The van der Waals surface area contributed by atoms with Crippen molar-refractivity contribution in [2.75, 3.05) is 0 Å². The average molecular weight is 625 g/mol. The molecule has 0 aliphatic rings. The van der Waals surface area contributed by atoms with Crippen LogP contribution in [0.1, 0.15) is 38.4 Å². The Morgan fingerprint density at radius 1 is 0.340 bits per heavy atom. The largest absolute Gasteiger partial charge is 0.455 e. The van der Waals surface area contributed by atoms with Crippen LogP contribution in [-0.4, -0.2) is 0 Å². The lowest BCUT2D eigenvalue weighted by atomic mass is 9.83. The Bertz CT molecular complexity index is 4410. The van der Waals surface area contributed by atoms with Crippen molar-refractivity contribution in [3.8, 4) is 33.4 Å². The van der Waals surface area contributed by atoms with Crippen LogP contribution in [0, 0.1) is 0 Å². The number of para-hydroxylation sites is 2. The van der Waals surface area contributed by atoms with Gasteiger partial charge in [-0.2, -0.15) is 0 Å². The number of benzene rings is 9. The third kappa shape index (κ3) is 3.90. The molecule has 0 spiro atoms. The Balaban J connectivity index is 1.66. The van der Waals surface area contributed by atoms with E-state index in [9.17, 15) is 12.3 Å². The molecule has 0 fully saturated rings. The van der Waals surface area contributed by atoms with Crippen molar-refractivity contribution in [3.63, 3.8) is 0 Å². The maximum absolute atomic E-state index is 10.2. The van der Waals surface area contributed by atoms with Gasteiger partial charge in [-0.3, -0.25) is 0 Å². The van der Waals surface area contributed by atoms with Crippen molar-refractivity contribution in [1.29, 1.82) is 0 Å². The Kier molecular flexibility index (Phi) is 2.31. The number of rotatable bonds is 3. The van der Waals surface area contributed by atoms with E-state index in [1.807, 2.05) is 0 Å². The molecular weight excluding hydrogens is 569 g/mol. The van der Waals surface area contributed by atoms with Gasteiger partial charge in [0.05, 0.1) is 38.4 Å². The quantitative estimate of drug-likeness (QED) is 0.141. The number of fused-ring (bicyclic) bond motifs is 8. The predicted octanol–water partition coefficient (Wildman–Crippen LogP) is 13.2. The summed E-state index contributed by atoms with van der Waals surface area (Å²) in [4.78, 5) is 0. The van der Waals surface area contributed by atoms with E-state index in [4.69, 9.17) is 30.5 Å². The van der Waals surface area contributed by atoms with Gasteiger partial charge in [0, 0.05) is 21.9 Å². The molecule has 0 bridgehead atoms. The molecule has 1 nitrogen and oxygen atoms in total. The van der Waals surface area contributed by atoms with Gasteiger partial charge in [0.15, 0.2) is 0 Å². The monoisotopic (exact) mass is 624 g/mol. The fraction of sp³-hybridized carbons (Fsp3) is 0. The smallest absolute Gasteiger partial charge is 0.143 e. The molecule has 0 amide bonds. The molecule has 10 aromatic rings. The van der Waals surface area contributed by atoms with Crippen LogP contribution in [0.2, 0.25) is 0 Å². The lowest BCUT2D eigenvalue weighted by Gasteiger charge is -2.20. The maximum Gasteiger partial charge on any atom is 0.143 e. The van der Waals surface area contributed by atoms with Crippen LogP contribution in [0.4, 0.5) is 0 Å². The van der Waals surface area contributed by atoms with Crippen LogP contribution in [0.15, 0.2) is 174 Å². The van der Waals surface area contributed by atoms with Gasteiger partial charge < -0.3 is 4.42 Å². The number of hydrogen-bond acceptors (Lipinski definition) is 1. The normalized spacial score (nSPS) is 20.2. The molecule has 0 aliphatic heterocycles. The summed E-state index contributed by atoms with van der Waals surface area (Å²) < 4.78 is 260. The second kappa shape index (κ2) is 10.2. The summed E-state index contributed by atoms with van der Waals surface area (Å²) in [6.07, 6.45) is 0. The molecule has 0 saturated heterocycles. The second-order valence-electron chi connectivity index (χ2n) is 10.3. The van der Waals surface area contributed by atoms with Crippen molar-refractivity contribution in [2.45, 2.75) is 0 Å². The zero-order valence-electron chi connectivity index (χ0n) is 51.4. The molecule has 47 heavy (non-hydrogen) atoms. The maximum atomic E-state index is 10.2. The Morgan fingerprint density at radius 2 is 0.936 bits per heavy atom.